The van der Waals surface area contributed by atoms with Crippen LogP contribution in [0.4, 0.5) is 0 Å². The highest BCUT2D eigenvalue weighted by Crippen LogP contribution is 2.32. The third-order valence-electron chi connectivity index (χ3n) is 3.93. The molecular formula is C17H21N3O3. The lowest BCUT2D eigenvalue weighted by Crippen LogP contribution is -2.33. The van der Waals surface area contributed by atoms with Crippen molar-refractivity contribution >= 4 is 5.91 Å². The Hall–Kier alpha value is -2.50. The van der Waals surface area contributed by atoms with Gasteiger partial charge < -0.3 is 14.4 Å². The molecule has 0 unspecified atom stereocenters. The summed E-state index contributed by atoms with van der Waals surface area (Å²) in [5.41, 5.74) is 2.95. The van der Waals surface area contributed by atoms with Crippen LogP contribution in [0.1, 0.15) is 23.9 Å². The lowest BCUT2D eigenvalue weighted by molar-refractivity contribution is -0.132. The first kappa shape index (κ1) is 15.4. The number of hydrogen-bond acceptors (Lipinski definition) is 4. The Kier molecular flexibility index (Phi) is 4.23. The molecule has 0 saturated carbocycles. The van der Waals surface area contributed by atoms with Gasteiger partial charge in [0.25, 0.3) is 0 Å². The Morgan fingerprint density at radius 3 is 2.74 bits per heavy atom. The minimum Gasteiger partial charge on any atom is -0.454 e. The fourth-order valence-corrected chi connectivity index (χ4v) is 2.70. The molecule has 2 heterocycles. The van der Waals surface area contributed by atoms with Crippen LogP contribution in [0.3, 0.4) is 0 Å². The minimum atomic E-state index is 0.0522. The molecule has 3 rings (SSSR count). The van der Waals surface area contributed by atoms with Crippen LogP contribution in [0.2, 0.25) is 0 Å². The molecule has 6 nitrogen and oxygen atoms in total. The standard InChI is InChI=1S/C17H21N3O3/c1-4-19(17(21)10-20-13(3)7-12(2)18-20)9-14-5-6-15-16(8-14)23-11-22-15/h5-8H,4,9-11H2,1-3H3. The first-order chi connectivity index (χ1) is 11.1. The van der Waals surface area contributed by atoms with Crippen LogP contribution in [-0.2, 0) is 17.9 Å². The maximum atomic E-state index is 12.6. The summed E-state index contributed by atoms with van der Waals surface area (Å²) in [6.07, 6.45) is 0. The fraction of sp³-hybridized carbons (Fsp3) is 0.412. The highest BCUT2D eigenvalue weighted by atomic mass is 16.7. The van der Waals surface area contributed by atoms with Gasteiger partial charge in [0.2, 0.25) is 12.7 Å². The third-order valence-corrected chi connectivity index (χ3v) is 3.93. The number of ether oxygens (including phenoxy) is 2. The Morgan fingerprint density at radius 1 is 1.26 bits per heavy atom. The molecule has 122 valence electrons. The lowest BCUT2D eigenvalue weighted by Gasteiger charge is -2.21. The number of fused-ring (bicyclic) bond motifs is 1. The number of carbonyl (C=O) groups is 1. The zero-order valence-electron chi connectivity index (χ0n) is 13.7. The van der Waals surface area contributed by atoms with Crippen LogP contribution >= 0.6 is 0 Å². The average Bonchev–Trinajstić information content (AvgIpc) is 3.10. The van der Waals surface area contributed by atoms with Crippen LogP contribution in [0, 0.1) is 13.8 Å². The molecule has 0 fully saturated rings. The summed E-state index contributed by atoms with van der Waals surface area (Å²) in [5, 5.41) is 4.35. The van der Waals surface area contributed by atoms with E-state index in [9.17, 15) is 4.79 Å². The number of nitrogens with zero attached hydrogens (tertiary/aromatic N) is 3. The number of aromatic nitrogens is 2. The quantitative estimate of drug-likeness (QED) is 0.849. The number of hydrogen-bond donors (Lipinski definition) is 0. The number of aryl methyl sites for hydroxylation is 2. The van der Waals surface area contributed by atoms with Crippen molar-refractivity contribution in [1.82, 2.24) is 14.7 Å². The second-order valence-electron chi connectivity index (χ2n) is 5.68. The van der Waals surface area contributed by atoms with Crippen molar-refractivity contribution in [2.75, 3.05) is 13.3 Å². The van der Waals surface area contributed by atoms with E-state index in [0.29, 0.717) is 13.1 Å². The van der Waals surface area contributed by atoms with Crippen LogP contribution < -0.4 is 9.47 Å². The molecule has 23 heavy (non-hydrogen) atoms. The molecule has 2 aromatic rings. The summed E-state index contributed by atoms with van der Waals surface area (Å²) in [6, 6.07) is 7.76. The SMILES string of the molecule is CCN(Cc1ccc2c(c1)OCO2)C(=O)Cn1nc(C)cc1C. The van der Waals surface area contributed by atoms with Crippen LogP contribution in [0.5, 0.6) is 11.5 Å². The van der Waals surface area contributed by atoms with Crippen LogP contribution in [-0.4, -0.2) is 33.9 Å². The monoisotopic (exact) mass is 315 g/mol. The summed E-state index contributed by atoms with van der Waals surface area (Å²) in [6.45, 7) is 7.58. The van der Waals surface area contributed by atoms with Gasteiger partial charge in [-0.15, -0.1) is 0 Å². The smallest absolute Gasteiger partial charge is 0.244 e. The summed E-state index contributed by atoms with van der Waals surface area (Å²) < 4.78 is 12.5. The zero-order valence-corrected chi connectivity index (χ0v) is 13.7. The molecule has 1 aliphatic rings. The summed E-state index contributed by atoms with van der Waals surface area (Å²) in [7, 11) is 0. The first-order valence-corrected chi connectivity index (χ1v) is 7.74. The van der Waals surface area contributed by atoms with Crippen molar-refractivity contribution < 1.29 is 14.3 Å². The van der Waals surface area contributed by atoms with E-state index in [0.717, 1.165) is 28.5 Å². The molecule has 0 atom stereocenters. The molecule has 0 N–H and O–H groups in total. The zero-order chi connectivity index (χ0) is 16.4. The second kappa shape index (κ2) is 6.32. The molecule has 0 aliphatic carbocycles. The van der Waals surface area contributed by atoms with Gasteiger partial charge in [-0.3, -0.25) is 9.48 Å². The van der Waals surface area contributed by atoms with Crippen molar-refractivity contribution in [3.63, 3.8) is 0 Å². The maximum Gasteiger partial charge on any atom is 0.244 e. The summed E-state index contributed by atoms with van der Waals surface area (Å²) in [4.78, 5) is 14.4. The van der Waals surface area contributed by atoms with Gasteiger partial charge in [-0.25, -0.2) is 0 Å². The van der Waals surface area contributed by atoms with Crippen molar-refractivity contribution in [1.29, 1.82) is 0 Å². The number of benzene rings is 1. The molecule has 1 amide bonds. The predicted octanol–water partition coefficient (Wildman–Crippen LogP) is 2.28. The normalized spacial score (nSPS) is 12.5. The molecule has 0 spiro atoms. The van der Waals surface area contributed by atoms with Crippen molar-refractivity contribution in [3.05, 3.63) is 41.2 Å². The van der Waals surface area contributed by atoms with E-state index < -0.39 is 0 Å². The Labute approximate surface area is 135 Å². The maximum absolute atomic E-state index is 12.6. The van der Waals surface area contributed by atoms with Gasteiger partial charge >= 0.3 is 0 Å². The average molecular weight is 315 g/mol. The second-order valence-corrected chi connectivity index (χ2v) is 5.68. The molecule has 1 aromatic carbocycles. The molecule has 1 aliphatic heterocycles. The number of likely N-dealkylation sites (N-methyl/N-ethyl adjacent to an activating group) is 1. The number of carbonyl (C=O) groups excluding carboxylic acids is 1. The van der Waals surface area contributed by atoms with Gasteiger partial charge in [-0.1, -0.05) is 6.07 Å². The highest BCUT2D eigenvalue weighted by Gasteiger charge is 2.17. The van der Waals surface area contributed by atoms with E-state index in [2.05, 4.69) is 5.10 Å². The minimum absolute atomic E-state index is 0.0522. The molecule has 1 aromatic heterocycles. The number of rotatable bonds is 5. The molecule has 6 heteroatoms. The van der Waals surface area contributed by atoms with Gasteiger partial charge in [0.15, 0.2) is 11.5 Å². The van der Waals surface area contributed by atoms with Gasteiger partial charge in [-0.05, 0) is 44.5 Å². The van der Waals surface area contributed by atoms with E-state index in [1.54, 1.807) is 4.68 Å². The number of amides is 1. The Balaban J connectivity index is 1.69. The Morgan fingerprint density at radius 2 is 2.04 bits per heavy atom. The van der Waals surface area contributed by atoms with E-state index in [1.807, 2.05) is 49.9 Å². The topological polar surface area (TPSA) is 56.6 Å². The fourth-order valence-electron chi connectivity index (χ4n) is 2.70. The predicted molar refractivity (Wildman–Crippen MR) is 85.4 cm³/mol. The highest BCUT2D eigenvalue weighted by molar-refractivity contribution is 5.76. The summed E-state index contributed by atoms with van der Waals surface area (Å²) >= 11 is 0. The summed E-state index contributed by atoms with van der Waals surface area (Å²) in [5.74, 6) is 1.55. The molecule has 0 saturated heterocycles. The third kappa shape index (κ3) is 3.31. The lowest BCUT2D eigenvalue weighted by atomic mass is 10.2. The van der Waals surface area contributed by atoms with E-state index in [-0.39, 0.29) is 19.2 Å². The van der Waals surface area contributed by atoms with Crippen molar-refractivity contribution in [3.8, 4) is 11.5 Å². The van der Waals surface area contributed by atoms with E-state index >= 15 is 0 Å². The van der Waals surface area contributed by atoms with Gasteiger partial charge in [0.05, 0.1) is 5.69 Å². The van der Waals surface area contributed by atoms with Gasteiger partial charge in [-0.2, -0.15) is 5.10 Å². The molecule has 0 radical (unpaired) electrons. The van der Waals surface area contributed by atoms with Gasteiger partial charge in [0, 0.05) is 18.8 Å². The van der Waals surface area contributed by atoms with Crippen molar-refractivity contribution in [2.24, 2.45) is 0 Å². The van der Waals surface area contributed by atoms with Gasteiger partial charge in [0.1, 0.15) is 6.54 Å². The van der Waals surface area contributed by atoms with E-state index in [1.165, 1.54) is 0 Å². The molecular weight excluding hydrogens is 294 g/mol. The van der Waals surface area contributed by atoms with Crippen LogP contribution in [0.25, 0.3) is 0 Å². The largest absolute Gasteiger partial charge is 0.454 e. The Bertz CT molecular complexity index is 724. The van der Waals surface area contributed by atoms with Crippen LogP contribution in [0.15, 0.2) is 24.3 Å². The molecule has 0 bridgehead atoms. The van der Waals surface area contributed by atoms with Crippen molar-refractivity contribution in [2.45, 2.75) is 33.9 Å². The van der Waals surface area contributed by atoms with E-state index in [4.69, 9.17) is 9.47 Å². The first-order valence-electron chi connectivity index (χ1n) is 7.74.